The first-order valence-electron chi connectivity index (χ1n) is 9.44. The Labute approximate surface area is 167 Å². The van der Waals surface area contributed by atoms with Crippen LogP contribution >= 0.6 is 0 Å². The number of aromatic nitrogens is 6. The van der Waals surface area contributed by atoms with Crippen LogP contribution < -0.4 is 0 Å². The largest absolute Gasteiger partial charge is 0.381 e. The second-order valence-corrected chi connectivity index (χ2v) is 7.38. The Hall–Kier alpha value is -3.57. The molecular weight excluding hydrogens is 366 g/mol. The third kappa shape index (κ3) is 2.87. The van der Waals surface area contributed by atoms with Crippen molar-refractivity contribution in [2.24, 2.45) is 0 Å². The second-order valence-electron chi connectivity index (χ2n) is 7.38. The number of nitrogens with zero attached hydrogens (tertiary/aromatic N) is 6. The molecular formula is C21H19N7O. The maximum absolute atomic E-state index is 9.33. The molecule has 0 aliphatic heterocycles. The highest BCUT2D eigenvalue weighted by atomic mass is 16.5. The van der Waals surface area contributed by atoms with Crippen LogP contribution in [0.15, 0.2) is 49.1 Å². The average Bonchev–Trinajstić information content (AvgIpc) is 3.42. The molecule has 1 fully saturated rings. The van der Waals surface area contributed by atoms with Crippen molar-refractivity contribution in [3.05, 3.63) is 49.1 Å². The molecule has 29 heavy (non-hydrogen) atoms. The molecule has 1 aliphatic rings. The van der Waals surface area contributed by atoms with Gasteiger partial charge in [-0.25, -0.2) is 4.98 Å². The van der Waals surface area contributed by atoms with E-state index in [4.69, 9.17) is 14.8 Å². The summed E-state index contributed by atoms with van der Waals surface area (Å²) in [7, 11) is 1.71. The van der Waals surface area contributed by atoms with Crippen LogP contribution in [-0.4, -0.2) is 43.2 Å². The quantitative estimate of drug-likeness (QED) is 0.565. The smallest absolute Gasteiger partial charge is 0.111 e. The van der Waals surface area contributed by atoms with Gasteiger partial charge in [0.1, 0.15) is 11.4 Å². The lowest BCUT2D eigenvalue weighted by Crippen LogP contribution is -2.50. The highest BCUT2D eigenvalue weighted by Crippen LogP contribution is 2.43. The molecule has 0 amide bonds. The number of methoxy groups -OCH3 is 1. The van der Waals surface area contributed by atoms with Crippen molar-refractivity contribution < 1.29 is 4.74 Å². The Balaban J connectivity index is 1.61. The highest BCUT2D eigenvalue weighted by Gasteiger charge is 2.46. The third-order valence-electron chi connectivity index (χ3n) is 5.67. The number of nitrogens with one attached hydrogen (secondary N) is 1. The lowest BCUT2D eigenvalue weighted by molar-refractivity contribution is -0.0541. The third-order valence-corrected chi connectivity index (χ3v) is 5.67. The van der Waals surface area contributed by atoms with Gasteiger partial charge >= 0.3 is 0 Å². The van der Waals surface area contributed by atoms with E-state index in [9.17, 15) is 5.26 Å². The molecule has 1 saturated carbocycles. The molecule has 4 aromatic rings. The zero-order valence-corrected chi connectivity index (χ0v) is 15.9. The molecule has 5 rings (SSSR count). The van der Waals surface area contributed by atoms with Gasteiger partial charge in [0, 0.05) is 36.7 Å². The molecule has 0 spiro atoms. The Morgan fingerprint density at radius 1 is 1.34 bits per heavy atom. The summed E-state index contributed by atoms with van der Waals surface area (Å²) >= 11 is 0. The Morgan fingerprint density at radius 2 is 2.24 bits per heavy atom. The number of H-pyrrole nitrogens is 1. The van der Waals surface area contributed by atoms with Gasteiger partial charge in [-0.15, -0.1) is 0 Å². The van der Waals surface area contributed by atoms with E-state index in [1.165, 1.54) is 0 Å². The fourth-order valence-electron chi connectivity index (χ4n) is 4.04. The van der Waals surface area contributed by atoms with Crippen LogP contribution in [0.4, 0.5) is 0 Å². The van der Waals surface area contributed by atoms with E-state index >= 15 is 0 Å². The number of aromatic amines is 1. The zero-order valence-electron chi connectivity index (χ0n) is 15.9. The SMILES string of the molecule is CO[C@H]1C[C@](CC#N)(n2ccc(-c3nc(-c4cn[nH]c4)cc4ncccc34)n2)C1. The van der Waals surface area contributed by atoms with Gasteiger partial charge in [0.25, 0.3) is 0 Å². The molecule has 4 aromatic heterocycles. The van der Waals surface area contributed by atoms with E-state index in [2.05, 4.69) is 21.3 Å². The molecule has 8 heteroatoms. The summed E-state index contributed by atoms with van der Waals surface area (Å²) in [6, 6.07) is 10.1. The summed E-state index contributed by atoms with van der Waals surface area (Å²) < 4.78 is 7.35. The number of fused-ring (bicyclic) bond motifs is 1. The molecule has 8 nitrogen and oxygen atoms in total. The van der Waals surface area contributed by atoms with E-state index in [0.29, 0.717) is 6.42 Å². The van der Waals surface area contributed by atoms with Crippen LogP contribution in [-0.2, 0) is 10.3 Å². The molecule has 0 saturated heterocycles. The highest BCUT2D eigenvalue weighted by molar-refractivity contribution is 5.93. The lowest BCUT2D eigenvalue weighted by Gasteiger charge is -2.45. The number of rotatable bonds is 5. The number of hydrogen-bond acceptors (Lipinski definition) is 6. The van der Waals surface area contributed by atoms with Crippen molar-refractivity contribution in [3.63, 3.8) is 0 Å². The number of hydrogen-bond donors (Lipinski definition) is 1. The summed E-state index contributed by atoms with van der Waals surface area (Å²) in [5, 5.41) is 21.9. The minimum Gasteiger partial charge on any atom is -0.381 e. The van der Waals surface area contributed by atoms with Gasteiger partial charge in [-0.1, -0.05) is 0 Å². The van der Waals surface area contributed by atoms with Crippen molar-refractivity contribution in [2.75, 3.05) is 7.11 Å². The summed E-state index contributed by atoms with van der Waals surface area (Å²) in [5.41, 5.74) is 3.72. The van der Waals surface area contributed by atoms with Gasteiger partial charge < -0.3 is 4.74 Å². The van der Waals surface area contributed by atoms with Crippen LogP contribution in [0.5, 0.6) is 0 Å². The second kappa shape index (κ2) is 6.79. The molecule has 4 heterocycles. The normalized spacial score (nSPS) is 21.0. The average molecular weight is 385 g/mol. The van der Waals surface area contributed by atoms with E-state index < -0.39 is 0 Å². The van der Waals surface area contributed by atoms with Gasteiger partial charge in [-0.3, -0.25) is 14.8 Å². The van der Waals surface area contributed by atoms with E-state index in [0.717, 1.165) is 46.4 Å². The number of ether oxygens (including phenoxy) is 1. The molecule has 1 aliphatic carbocycles. The number of nitriles is 1. The van der Waals surface area contributed by atoms with Crippen LogP contribution in [0.3, 0.4) is 0 Å². The first-order valence-corrected chi connectivity index (χ1v) is 9.44. The predicted octanol–water partition coefficient (Wildman–Crippen LogP) is 3.30. The molecule has 1 N–H and O–H groups in total. The molecule has 0 unspecified atom stereocenters. The van der Waals surface area contributed by atoms with E-state index in [1.807, 2.05) is 35.1 Å². The summed E-state index contributed by atoms with van der Waals surface area (Å²) in [4.78, 5) is 9.37. The summed E-state index contributed by atoms with van der Waals surface area (Å²) in [6.45, 7) is 0. The Morgan fingerprint density at radius 3 is 3.00 bits per heavy atom. The lowest BCUT2D eigenvalue weighted by atomic mass is 9.72. The molecule has 0 aromatic carbocycles. The van der Waals surface area contributed by atoms with E-state index in [-0.39, 0.29) is 11.6 Å². The monoisotopic (exact) mass is 385 g/mol. The molecule has 0 bridgehead atoms. The van der Waals surface area contributed by atoms with Gasteiger partial charge in [-0.05, 0) is 37.1 Å². The zero-order chi connectivity index (χ0) is 19.8. The predicted molar refractivity (Wildman–Crippen MR) is 107 cm³/mol. The first kappa shape index (κ1) is 17.5. The van der Waals surface area contributed by atoms with Crippen molar-refractivity contribution in [3.8, 4) is 28.7 Å². The van der Waals surface area contributed by atoms with Gasteiger partial charge in [-0.2, -0.15) is 15.5 Å². The van der Waals surface area contributed by atoms with Crippen LogP contribution in [0.25, 0.3) is 33.5 Å². The molecule has 0 radical (unpaired) electrons. The molecule has 0 atom stereocenters. The van der Waals surface area contributed by atoms with Crippen LogP contribution in [0, 0.1) is 11.3 Å². The topological polar surface area (TPSA) is 105 Å². The first-order chi connectivity index (χ1) is 14.2. The fraction of sp³-hybridized carbons (Fsp3) is 0.286. The van der Waals surface area contributed by atoms with Crippen molar-refractivity contribution in [1.29, 1.82) is 5.26 Å². The minimum atomic E-state index is -0.316. The standard InChI is InChI=1S/C21H19N7O/c1-29-15-10-21(11-15,5-6-22)28-8-4-17(27-28)20-16-3-2-7-23-19(16)9-18(26-20)14-12-24-25-13-14/h2-4,7-9,12-13,15H,5,10-11H2,1H3,(H,24,25)/t15-,21-. The Bertz CT molecular complexity index is 1200. The maximum atomic E-state index is 9.33. The minimum absolute atomic E-state index is 0.170. The van der Waals surface area contributed by atoms with Crippen molar-refractivity contribution in [1.82, 2.24) is 29.9 Å². The Kier molecular flexibility index (Phi) is 4.11. The summed E-state index contributed by atoms with van der Waals surface area (Å²) in [5.74, 6) is 0. The van der Waals surface area contributed by atoms with Crippen molar-refractivity contribution in [2.45, 2.75) is 30.9 Å². The van der Waals surface area contributed by atoms with E-state index in [1.54, 1.807) is 25.7 Å². The maximum Gasteiger partial charge on any atom is 0.111 e. The van der Waals surface area contributed by atoms with Gasteiger partial charge in [0.15, 0.2) is 0 Å². The van der Waals surface area contributed by atoms with Crippen LogP contribution in [0.1, 0.15) is 19.3 Å². The molecule has 144 valence electrons. The van der Waals surface area contributed by atoms with Crippen molar-refractivity contribution >= 4 is 10.9 Å². The fourth-order valence-corrected chi connectivity index (χ4v) is 4.04. The number of pyridine rings is 2. The van der Waals surface area contributed by atoms with Gasteiger partial charge in [0.2, 0.25) is 0 Å². The van der Waals surface area contributed by atoms with Gasteiger partial charge in [0.05, 0.1) is 41.5 Å². The summed E-state index contributed by atoms with van der Waals surface area (Å²) in [6.07, 6.45) is 9.38. The van der Waals surface area contributed by atoms with Crippen LogP contribution in [0.2, 0.25) is 0 Å².